The van der Waals surface area contributed by atoms with Crippen LogP contribution in [0.15, 0.2) is 36.7 Å². The zero-order chi connectivity index (χ0) is 17.8. The second-order valence-corrected chi connectivity index (χ2v) is 6.55. The zero-order valence-corrected chi connectivity index (χ0v) is 14.7. The predicted octanol–water partition coefficient (Wildman–Crippen LogP) is 3.67. The third-order valence-corrected chi connectivity index (χ3v) is 4.69. The van der Waals surface area contributed by atoms with Crippen molar-refractivity contribution in [2.45, 2.75) is 19.8 Å². The van der Waals surface area contributed by atoms with Crippen molar-refractivity contribution in [3.63, 3.8) is 0 Å². The van der Waals surface area contributed by atoms with Gasteiger partial charge in [0.15, 0.2) is 0 Å². The molecule has 0 fully saturated rings. The van der Waals surface area contributed by atoms with E-state index in [1.165, 1.54) is 18.3 Å². The number of pyridine rings is 1. The summed E-state index contributed by atoms with van der Waals surface area (Å²) in [5.74, 6) is 0.531. The van der Waals surface area contributed by atoms with Crippen molar-refractivity contribution in [1.29, 1.82) is 0 Å². The summed E-state index contributed by atoms with van der Waals surface area (Å²) in [6, 6.07) is 7.44. The van der Waals surface area contributed by atoms with E-state index < -0.39 is 0 Å². The number of nitrogens with one attached hydrogen (secondary N) is 1. The molecule has 0 aliphatic rings. The van der Waals surface area contributed by atoms with Gasteiger partial charge in [0.1, 0.15) is 16.5 Å². The van der Waals surface area contributed by atoms with E-state index in [1.807, 2.05) is 18.2 Å². The molecule has 0 saturated heterocycles. The number of methoxy groups -OCH3 is 1. The minimum absolute atomic E-state index is 0.00905. The van der Waals surface area contributed by atoms with Gasteiger partial charge in [0.2, 0.25) is 5.91 Å². The lowest BCUT2D eigenvalue weighted by Gasteiger charge is -2.08. The number of ketones is 1. The van der Waals surface area contributed by atoms with Crippen molar-refractivity contribution in [3.8, 4) is 16.3 Å². The Kier molecular flexibility index (Phi) is 5.04. The van der Waals surface area contributed by atoms with Crippen LogP contribution in [0.2, 0.25) is 0 Å². The Hall–Kier alpha value is -2.80. The summed E-state index contributed by atoms with van der Waals surface area (Å²) in [6.45, 7) is 1.47. The first-order valence-corrected chi connectivity index (χ1v) is 8.56. The number of Topliss-reactive ketones (excluding diaryl/α,β-unsaturated/α-hetero) is 1. The number of nitrogens with zero attached hydrogens (tertiary/aromatic N) is 2. The number of hydrogen-bond donors (Lipinski definition) is 1. The average molecular weight is 355 g/mol. The van der Waals surface area contributed by atoms with Crippen molar-refractivity contribution in [2.75, 3.05) is 12.4 Å². The van der Waals surface area contributed by atoms with Crippen LogP contribution >= 0.6 is 11.3 Å². The molecule has 1 N–H and O–H groups in total. The van der Waals surface area contributed by atoms with E-state index in [2.05, 4.69) is 15.3 Å². The topological polar surface area (TPSA) is 81.2 Å². The van der Waals surface area contributed by atoms with Gasteiger partial charge in [-0.1, -0.05) is 0 Å². The van der Waals surface area contributed by atoms with Crippen LogP contribution < -0.4 is 10.1 Å². The molecule has 2 heterocycles. The SMILES string of the molecule is COc1ccc2sc(-c3cnccc3NC(=O)CCC(C)=O)nc2c1. The van der Waals surface area contributed by atoms with Crippen LogP contribution in [0.3, 0.4) is 0 Å². The fourth-order valence-electron chi connectivity index (χ4n) is 2.33. The molecule has 3 rings (SSSR count). The number of fused-ring (bicyclic) bond motifs is 1. The molecule has 0 aliphatic carbocycles. The molecular formula is C18H17N3O3S. The number of rotatable bonds is 6. The fourth-order valence-corrected chi connectivity index (χ4v) is 3.30. The summed E-state index contributed by atoms with van der Waals surface area (Å²) in [4.78, 5) is 31.8. The predicted molar refractivity (Wildman–Crippen MR) is 97.9 cm³/mol. The highest BCUT2D eigenvalue weighted by Crippen LogP contribution is 2.35. The van der Waals surface area contributed by atoms with E-state index in [-0.39, 0.29) is 24.5 Å². The van der Waals surface area contributed by atoms with Gasteiger partial charge in [0, 0.05) is 31.3 Å². The molecule has 2 aromatic heterocycles. The maximum absolute atomic E-state index is 12.0. The van der Waals surface area contributed by atoms with E-state index in [0.717, 1.165) is 26.5 Å². The van der Waals surface area contributed by atoms with Crippen molar-refractivity contribution in [2.24, 2.45) is 0 Å². The standard InChI is InChI=1S/C18H17N3O3S/c1-11(22)3-6-17(23)20-14-7-8-19-10-13(14)18-21-15-9-12(24-2)4-5-16(15)25-18/h4-5,7-10H,3,6H2,1-2H3,(H,19,20,23). The molecule has 6 nitrogen and oxygen atoms in total. The van der Waals surface area contributed by atoms with Crippen LogP contribution in [-0.4, -0.2) is 28.8 Å². The number of anilines is 1. The Bertz CT molecular complexity index is 936. The lowest BCUT2D eigenvalue weighted by molar-refractivity contribution is -0.121. The van der Waals surface area contributed by atoms with E-state index in [0.29, 0.717) is 5.69 Å². The minimum atomic E-state index is -0.203. The number of carbonyl (C=O) groups is 2. The maximum Gasteiger partial charge on any atom is 0.224 e. The molecule has 0 bridgehead atoms. The third kappa shape index (κ3) is 4.00. The third-order valence-electron chi connectivity index (χ3n) is 3.62. The number of benzene rings is 1. The quantitative estimate of drug-likeness (QED) is 0.729. The van der Waals surface area contributed by atoms with E-state index in [9.17, 15) is 9.59 Å². The summed E-state index contributed by atoms with van der Waals surface area (Å²) in [7, 11) is 1.62. The van der Waals surface area contributed by atoms with Gasteiger partial charge in [0.05, 0.1) is 28.6 Å². The number of hydrogen-bond acceptors (Lipinski definition) is 6. The average Bonchev–Trinajstić information content (AvgIpc) is 3.03. The number of aromatic nitrogens is 2. The molecule has 25 heavy (non-hydrogen) atoms. The monoisotopic (exact) mass is 355 g/mol. The molecule has 0 atom stereocenters. The second-order valence-electron chi connectivity index (χ2n) is 5.52. The molecule has 1 aromatic carbocycles. The van der Waals surface area contributed by atoms with Crippen molar-refractivity contribution in [1.82, 2.24) is 9.97 Å². The number of ether oxygens (including phenoxy) is 1. The van der Waals surface area contributed by atoms with Gasteiger partial charge in [-0.15, -0.1) is 11.3 Å². The molecule has 128 valence electrons. The molecule has 0 spiro atoms. The Morgan fingerprint density at radius 1 is 1.24 bits per heavy atom. The van der Waals surface area contributed by atoms with Gasteiger partial charge in [0.25, 0.3) is 0 Å². The summed E-state index contributed by atoms with van der Waals surface area (Å²) >= 11 is 1.52. The Morgan fingerprint density at radius 2 is 2.08 bits per heavy atom. The fraction of sp³-hybridized carbons (Fsp3) is 0.222. The van der Waals surface area contributed by atoms with Crippen LogP contribution in [0, 0.1) is 0 Å². The number of amides is 1. The van der Waals surface area contributed by atoms with Crippen molar-refractivity contribution in [3.05, 3.63) is 36.7 Å². The van der Waals surface area contributed by atoms with Gasteiger partial charge in [-0.05, 0) is 25.1 Å². The molecular weight excluding hydrogens is 338 g/mol. The van der Waals surface area contributed by atoms with E-state index in [4.69, 9.17) is 4.74 Å². The van der Waals surface area contributed by atoms with Gasteiger partial charge in [-0.2, -0.15) is 0 Å². The van der Waals surface area contributed by atoms with Crippen LogP contribution in [-0.2, 0) is 9.59 Å². The highest BCUT2D eigenvalue weighted by molar-refractivity contribution is 7.21. The highest BCUT2D eigenvalue weighted by Gasteiger charge is 2.13. The van der Waals surface area contributed by atoms with Gasteiger partial charge in [-0.25, -0.2) is 4.98 Å². The molecule has 7 heteroatoms. The molecule has 0 saturated carbocycles. The van der Waals surface area contributed by atoms with Gasteiger partial charge >= 0.3 is 0 Å². The van der Waals surface area contributed by atoms with Crippen LogP contribution in [0.25, 0.3) is 20.8 Å². The van der Waals surface area contributed by atoms with Crippen LogP contribution in [0.4, 0.5) is 5.69 Å². The Balaban J connectivity index is 1.90. The van der Waals surface area contributed by atoms with Crippen molar-refractivity contribution < 1.29 is 14.3 Å². The number of carbonyl (C=O) groups excluding carboxylic acids is 2. The molecule has 0 radical (unpaired) electrons. The highest BCUT2D eigenvalue weighted by atomic mass is 32.1. The largest absolute Gasteiger partial charge is 0.497 e. The maximum atomic E-state index is 12.0. The van der Waals surface area contributed by atoms with E-state index in [1.54, 1.807) is 25.6 Å². The molecule has 3 aromatic rings. The zero-order valence-electron chi connectivity index (χ0n) is 13.9. The lowest BCUT2D eigenvalue weighted by Crippen LogP contribution is -2.13. The summed E-state index contributed by atoms with van der Waals surface area (Å²) in [5, 5.41) is 3.60. The van der Waals surface area contributed by atoms with Crippen LogP contribution in [0.5, 0.6) is 5.75 Å². The molecule has 0 aliphatic heterocycles. The minimum Gasteiger partial charge on any atom is -0.497 e. The Morgan fingerprint density at radius 3 is 2.84 bits per heavy atom. The van der Waals surface area contributed by atoms with Gasteiger partial charge in [-0.3, -0.25) is 9.78 Å². The first-order chi connectivity index (χ1) is 12.1. The first kappa shape index (κ1) is 17.0. The first-order valence-electron chi connectivity index (χ1n) is 7.75. The normalized spacial score (nSPS) is 10.6. The number of thiazole rings is 1. The molecule has 0 unspecified atom stereocenters. The summed E-state index contributed by atoms with van der Waals surface area (Å²) in [5.41, 5.74) is 2.21. The van der Waals surface area contributed by atoms with Crippen LogP contribution in [0.1, 0.15) is 19.8 Å². The molecule has 1 amide bonds. The summed E-state index contributed by atoms with van der Waals surface area (Å²) in [6.07, 6.45) is 3.68. The second kappa shape index (κ2) is 7.40. The summed E-state index contributed by atoms with van der Waals surface area (Å²) < 4.78 is 6.25. The Labute approximate surface area is 148 Å². The smallest absolute Gasteiger partial charge is 0.224 e. The lowest BCUT2D eigenvalue weighted by atomic mass is 10.2. The van der Waals surface area contributed by atoms with Crippen molar-refractivity contribution >= 4 is 38.9 Å². The van der Waals surface area contributed by atoms with E-state index >= 15 is 0 Å². The van der Waals surface area contributed by atoms with Gasteiger partial charge < -0.3 is 14.8 Å².